The largest absolute Gasteiger partial charge is 0.507 e. The number of phenols is 1. The van der Waals surface area contributed by atoms with Crippen LogP contribution in [0.25, 0.3) is 0 Å². The first-order valence-electron chi connectivity index (χ1n) is 7.43. The minimum absolute atomic E-state index is 0.0252. The minimum atomic E-state index is -0.209. The molecule has 2 rings (SSSR count). The molecule has 0 saturated carbocycles. The van der Waals surface area contributed by atoms with Gasteiger partial charge in [-0.3, -0.25) is 4.79 Å². The zero-order valence-electron chi connectivity index (χ0n) is 12.5. The van der Waals surface area contributed by atoms with E-state index >= 15 is 0 Å². The molecule has 1 atom stereocenters. The maximum absolute atomic E-state index is 12.4. The van der Waals surface area contributed by atoms with Crippen molar-refractivity contribution in [1.29, 1.82) is 0 Å². The van der Waals surface area contributed by atoms with E-state index in [1.54, 1.807) is 18.2 Å². The molecule has 1 saturated heterocycles. The number of hydrogen-bond acceptors (Lipinski definition) is 3. The number of halogens is 1. The van der Waals surface area contributed by atoms with Crippen molar-refractivity contribution in [2.45, 2.75) is 51.2 Å². The zero-order chi connectivity index (χ0) is 15.5. The Morgan fingerprint density at radius 2 is 2.19 bits per heavy atom. The van der Waals surface area contributed by atoms with Gasteiger partial charge in [0, 0.05) is 16.2 Å². The van der Waals surface area contributed by atoms with Gasteiger partial charge in [-0.05, 0) is 66.5 Å². The molecule has 5 heteroatoms. The zero-order valence-corrected chi connectivity index (χ0v) is 14.6. The Morgan fingerprint density at radius 3 is 2.86 bits per heavy atom. The van der Waals surface area contributed by atoms with Crippen LogP contribution in [0.5, 0.6) is 5.75 Å². The summed E-state index contributed by atoms with van der Waals surface area (Å²) >= 11 is 2.13. The highest BCUT2D eigenvalue weighted by molar-refractivity contribution is 14.1. The number of amides is 1. The minimum Gasteiger partial charge on any atom is -0.507 e. The second kappa shape index (κ2) is 6.96. The number of hydrogen-bond donors (Lipinski definition) is 2. The van der Waals surface area contributed by atoms with Gasteiger partial charge in [-0.2, -0.15) is 0 Å². The molecular formula is C16H22INO3. The molecule has 116 valence electrons. The summed E-state index contributed by atoms with van der Waals surface area (Å²) in [5.41, 5.74) is 0.218. The van der Waals surface area contributed by atoms with Gasteiger partial charge in [-0.15, -0.1) is 0 Å². The quantitative estimate of drug-likeness (QED) is 0.758. The standard InChI is InChI=1S/C16H22INO3/c1-3-16(4-2)10-12(7-8-21-16)18-15(20)13-9-11(17)5-6-14(13)19/h5-6,9,12,19H,3-4,7-8,10H2,1-2H3,(H,18,20). The van der Waals surface area contributed by atoms with E-state index in [1.165, 1.54) is 0 Å². The monoisotopic (exact) mass is 403 g/mol. The molecular weight excluding hydrogens is 381 g/mol. The maximum Gasteiger partial charge on any atom is 0.255 e. The summed E-state index contributed by atoms with van der Waals surface area (Å²) in [4.78, 5) is 12.4. The molecule has 4 nitrogen and oxygen atoms in total. The fraction of sp³-hybridized carbons (Fsp3) is 0.562. The molecule has 0 spiro atoms. The predicted molar refractivity (Wildman–Crippen MR) is 90.6 cm³/mol. The van der Waals surface area contributed by atoms with Crippen molar-refractivity contribution in [2.24, 2.45) is 0 Å². The van der Waals surface area contributed by atoms with Gasteiger partial charge in [0.2, 0.25) is 0 Å². The number of carbonyl (C=O) groups excluding carboxylic acids is 1. The molecule has 0 bridgehead atoms. The molecule has 1 aliphatic heterocycles. The van der Waals surface area contributed by atoms with E-state index in [2.05, 4.69) is 41.8 Å². The van der Waals surface area contributed by atoms with Crippen LogP contribution in [0.3, 0.4) is 0 Å². The Labute approximate surface area is 139 Å². The third-order valence-electron chi connectivity index (χ3n) is 4.32. The number of ether oxygens (including phenoxy) is 1. The van der Waals surface area contributed by atoms with Crippen molar-refractivity contribution in [3.8, 4) is 5.75 Å². The lowest BCUT2D eigenvalue weighted by Gasteiger charge is -2.40. The van der Waals surface area contributed by atoms with Crippen LogP contribution in [0, 0.1) is 3.57 Å². The highest BCUT2D eigenvalue weighted by Crippen LogP contribution is 2.31. The third kappa shape index (κ3) is 3.88. The normalized spacial score (nSPS) is 21.0. The van der Waals surface area contributed by atoms with Crippen LogP contribution in [0.2, 0.25) is 0 Å². The van der Waals surface area contributed by atoms with Crippen LogP contribution in [0.15, 0.2) is 18.2 Å². The second-order valence-corrected chi connectivity index (χ2v) is 6.81. The molecule has 1 aliphatic rings. The fourth-order valence-electron chi connectivity index (χ4n) is 2.85. The Balaban J connectivity index is 2.07. The average Bonchev–Trinajstić information content (AvgIpc) is 2.49. The fourth-order valence-corrected chi connectivity index (χ4v) is 3.34. The van der Waals surface area contributed by atoms with Crippen molar-refractivity contribution >= 4 is 28.5 Å². The average molecular weight is 403 g/mol. The second-order valence-electron chi connectivity index (χ2n) is 5.56. The number of aromatic hydroxyl groups is 1. The van der Waals surface area contributed by atoms with Crippen LogP contribution in [-0.4, -0.2) is 29.3 Å². The Bertz CT molecular complexity index is 514. The van der Waals surface area contributed by atoms with E-state index < -0.39 is 0 Å². The lowest BCUT2D eigenvalue weighted by molar-refractivity contribution is -0.0917. The Hall–Kier alpha value is -0.820. The first kappa shape index (κ1) is 16.5. The van der Waals surface area contributed by atoms with Gasteiger partial charge < -0.3 is 15.2 Å². The summed E-state index contributed by atoms with van der Waals surface area (Å²) in [5, 5.41) is 12.9. The van der Waals surface area contributed by atoms with E-state index in [4.69, 9.17) is 4.74 Å². The van der Waals surface area contributed by atoms with Gasteiger partial charge in [0.15, 0.2) is 0 Å². The smallest absolute Gasteiger partial charge is 0.255 e. The van der Waals surface area contributed by atoms with Gasteiger partial charge >= 0.3 is 0 Å². The van der Waals surface area contributed by atoms with Gasteiger partial charge in [0.25, 0.3) is 5.91 Å². The molecule has 1 amide bonds. The molecule has 1 aromatic rings. The summed E-state index contributed by atoms with van der Waals surface area (Å²) < 4.78 is 6.85. The molecule has 1 aromatic carbocycles. The predicted octanol–water partition coefficient (Wildman–Crippen LogP) is 3.46. The van der Waals surface area contributed by atoms with E-state index in [9.17, 15) is 9.90 Å². The lowest BCUT2D eigenvalue weighted by Crippen LogP contribution is -2.48. The molecule has 0 aliphatic carbocycles. The number of benzene rings is 1. The van der Waals surface area contributed by atoms with Crippen LogP contribution >= 0.6 is 22.6 Å². The van der Waals surface area contributed by atoms with Crippen molar-refractivity contribution in [3.05, 3.63) is 27.3 Å². The van der Waals surface area contributed by atoms with E-state index in [0.717, 1.165) is 29.3 Å². The molecule has 2 N–H and O–H groups in total. The topological polar surface area (TPSA) is 58.6 Å². The molecule has 1 fully saturated rings. The van der Waals surface area contributed by atoms with Gasteiger partial charge in [0.1, 0.15) is 5.75 Å². The van der Waals surface area contributed by atoms with Crippen LogP contribution in [0.1, 0.15) is 49.9 Å². The summed E-state index contributed by atoms with van der Waals surface area (Å²) in [6.07, 6.45) is 3.54. The van der Waals surface area contributed by atoms with Crippen molar-refractivity contribution in [2.75, 3.05) is 6.61 Å². The Kier molecular flexibility index (Phi) is 5.48. The third-order valence-corrected chi connectivity index (χ3v) is 4.99. The van der Waals surface area contributed by atoms with Crippen molar-refractivity contribution in [1.82, 2.24) is 5.32 Å². The van der Waals surface area contributed by atoms with Crippen LogP contribution < -0.4 is 5.32 Å². The summed E-state index contributed by atoms with van der Waals surface area (Å²) in [7, 11) is 0. The van der Waals surface area contributed by atoms with Gasteiger partial charge in [-0.25, -0.2) is 0 Å². The highest BCUT2D eigenvalue weighted by Gasteiger charge is 2.35. The number of nitrogens with one attached hydrogen (secondary N) is 1. The first-order chi connectivity index (χ1) is 9.99. The number of phenolic OH excluding ortho intramolecular Hbond substituents is 1. The summed E-state index contributed by atoms with van der Waals surface area (Å²) in [6, 6.07) is 5.14. The van der Waals surface area contributed by atoms with Crippen molar-refractivity contribution < 1.29 is 14.6 Å². The first-order valence-corrected chi connectivity index (χ1v) is 8.51. The summed E-state index contributed by atoms with van der Waals surface area (Å²) in [6.45, 7) is 4.92. The maximum atomic E-state index is 12.4. The molecule has 21 heavy (non-hydrogen) atoms. The lowest BCUT2D eigenvalue weighted by atomic mass is 9.86. The van der Waals surface area contributed by atoms with E-state index in [-0.39, 0.29) is 23.3 Å². The molecule has 0 aromatic heterocycles. The molecule has 1 unspecified atom stereocenters. The highest BCUT2D eigenvalue weighted by atomic mass is 127. The van der Waals surface area contributed by atoms with E-state index in [1.807, 2.05) is 0 Å². The van der Waals surface area contributed by atoms with E-state index in [0.29, 0.717) is 12.2 Å². The summed E-state index contributed by atoms with van der Waals surface area (Å²) in [5.74, 6) is -0.184. The van der Waals surface area contributed by atoms with Crippen LogP contribution in [-0.2, 0) is 4.74 Å². The van der Waals surface area contributed by atoms with Crippen LogP contribution in [0.4, 0.5) is 0 Å². The Morgan fingerprint density at radius 1 is 1.48 bits per heavy atom. The number of rotatable bonds is 4. The molecule has 1 heterocycles. The van der Waals surface area contributed by atoms with Gasteiger partial charge in [-0.1, -0.05) is 13.8 Å². The molecule has 0 radical (unpaired) electrons. The SMILES string of the molecule is CCC1(CC)CC(NC(=O)c2cc(I)ccc2O)CCO1. The number of carbonyl (C=O) groups is 1. The van der Waals surface area contributed by atoms with Crippen molar-refractivity contribution in [3.63, 3.8) is 0 Å². The van der Waals surface area contributed by atoms with Gasteiger partial charge in [0.05, 0.1) is 11.2 Å².